The highest BCUT2D eigenvalue weighted by Gasteiger charge is 1.95. The fourth-order valence-electron chi connectivity index (χ4n) is 1.09. The summed E-state index contributed by atoms with van der Waals surface area (Å²) in [4.78, 5) is 6.04. The molecule has 0 aromatic heterocycles. The van der Waals surface area contributed by atoms with E-state index in [0.717, 1.165) is 11.3 Å². The van der Waals surface area contributed by atoms with Crippen LogP contribution in [-0.2, 0) is 6.54 Å². The van der Waals surface area contributed by atoms with Gasteiger partial charge in [0.15, 0.2) is 5.96 Å². The maximum absolute atomic E-state index is 5.68. The maximum Gasteiger partial charge on any atom is 0.191 e. The van der Waals surface area contributed by atoms with Crippen LogP contribution in [0.4, 0.5) is 5.69 Å². The topological polar surface area (TPSA) is 53.6 Å². The number of nitrogens with two attached hydrogens (primary N) is 1. The van der Waals surface area contributed by atoms with Gasteiger partial charge in [-0.05, 0) is 17.7 Å². The van der Waals surface area contributed by atoms with Crippen molar-refractivity contribution in [3.63, 3.8) is 0 Å². The second-order valence-electron chi connectivity index (χ2n) is 3.52. The quantitative estimate of drug-likeness (QED) is 0.605. The number of hydrogen-bond acceptors (Lipinski definition) is 2. The van der Waals surface area contributed by atoms with Gasteiger partial charge in [-0.15, -0.1) is 0 Å². The van der Waals surface area contributed by atoms with Gasteiger partial charge < -0.3 is 16.0 Å². The Morgan fingerprint density at radius 2 is 1.88 bits per heavy atom. The van der Waals surface area contributed by atoms with Crippen LogP contribution in [0, 0.1) is 0 Å². The number of aliphatic imine (C=N–C) groups is 1. The third kappa shape index (κ3) is 4.21. The van der Waals surface area contributed by atoms with Gasteiger partial charge in [-0.25, -0.2) is 4.99 Å². The van der Waals surface area contributed by atoms with E-state index in [-0.39, 0.29) is 7.43 Å². The van der Waals surface area contributed by atoms with E-state index in [9.17, 15) is 0 Å². The highest BCUT2D eigenvalue weighted by Crippen LogP contribution is 2.09. The van der Waals surface area contributed by atoms with Gasteiger partial charge in [0.25, 0.3) is 0 Å². The molecule has 0 saturated carbocycles. The Bertz CT molecular complexity index is 327. The van der Waals surface area contributed by atoms with E-state index in [4.69, 9.17) is 5.73 Å². The molecular weight excluding hydrogens is 200 g/mol. The van der Waals surface area contributed by atoms with Crippen LogP contribution < -0.4 is 11.1 Å². The van der Waals surface area contributed by atoms with Crippen LogP contribution in [0.25, 0.3) is 0 Å². The zero-order chi connectivity index (χ0) is 11.3. The van der Waals surface area contributed by atoms with Crippen molar-refractivity contribution in [2.24, 2.45) is 10.7 Å². The predicted octanol–water partition coefficient (Wildman–Crippen LogP) is 1.74. The lowest BCUT2D eigenvalue weighted by Crippen LogP contribution is -2.30. The van der Waals surface area contributed by atoms with E-state index in [1.54, 1.807) is 4.90 Å². The molecule has 0 unspecified atom stereocenters. The third-order valence-electron chi connectivity index (χ3n) is 2.12. The maximum atomic E-state index is 5.68. The largest absolute Gasteiger partial charge is 0.388 e. The third-order valence-corrected chi connectivity index (χ3v) is 2.12. The SMILES string of the molecule is C.CNc1ccc(CN=C(N)N(C)C)cc1. The van der Waals surface area contributed by atoms with Crippen LogP contribution >= 0.6 is 0 Å². The summed E-state index contributed by atoms with van der Waals surface area (Å²) < 4.78 is 0. The van der Waals surface area contributed by atoms with Crippen molar-refractivity contribution < 1.29 is 0 Å². The number of anilines is 1. The molecule has 0 aliphatic carbocycles. The molecule has 0 aliphatic rings. The van der Waals surface area contributed by atoms with E-state index in [1.807, 2.05) is 45.4 Å². The van der Waals surface area contributed by atoms with Gasteiger partial charge in [-0.1, -0.05) is 19.6 Å². The zero-order valence-electron chi connectivity index (χ0n) is 9.49. The lowest BCUT2D eigenvalue weighted by Gasteiger charge is -2.10. The van der Waals surface area contributed by atoms with Crippen LogP contribution in [0.1, 0.15) is 13.0 Å². The first-order valence-corrected chi connectivity index (χ1v) is 4.87. The van der Waals surface area contributed by atoms with Gasteiger partial charge in [-0.2, -0.15) is 0 Å². The molecule has 0 amide bonds. The standard InChI is InChI=1S/C11H18N4.CH4/c1-13-10-6-4-9(5-7-10)8-14-11(12)15(2)3;/h4-7,13H,8H2,1-3H3,(H2,12,14);1H4. The molecule has 1 rings (SSSR count). The summed E-state index contributed by atoms with van der Waals surface area (Å²) in [5.74, 6) is 0.549. The van der Waals surface area contributed by atoms with Gasteiger partial charge in [0, 0.05) is 26.8 Å². The van der Waals surface area contributed by atoms with E-state index in [0.29, 0.717) is 12.5 Å². The summed E-state index contributed by atoms with van der Waals surface area (Å²) in [5.41, 5.74) is 7.94. The molecule has 1 aromatic rings. The van der Waals surface area contributed by atoms with Crippen molar-refractivity contribution in [2.75, 3.05) is 26.5 Å². The number of benzene rings is 1. The summed E-state index contributed by atoms with van der Waals surface area (Å²) in [6, 6.07) is 8.13. The number of rotatable bonds is 3. The number of nitrogens with zero attached hydrogens (tertiary/aromatic N) is 2. The Morgan fingerprint density at radius 3 is 2.31 bits per heavy atom. The lowest BCUT2D eigenvalue weighted by molar-refractivity contribution is 0.609. The van der Waals surface area contributed by atoms with Crippen molar-refractivity contribution in [1.82, 2.24) is 4.90 Å². The first-order chi connectivity index (χ1) is 7.13. The second kappa shape index (κ2) is 6.71. The summed E-state index contributed by atoms with van der Waals surface area (Å²) >= 11 is 0. The molecule has 0 saturated heterocycles. The second-order valence-corrected chi connectivity index (χ2v) is 3.52. The smallest absolute Gasteiger partial charge is 0.191 e. The van der Waals surface area contributed by atoms with Crippen molar-refractivity contribution in [3.05, 3.63) is 29.8 Å². The van der Waals surface area contributed by atoms with Gasteiger partial charge >= 0.3 is 0 Å². The molecule has 0 aliphatic heterocycles. The van der Waals surface area contributed by atoms with E-state index in [1.165, 1.54) is 0 Å². The first kappa shape index (κ1) is 14.3. The summed E-state index contributed by atoms with van der Waals surface area (Å²) in [5, 5.41) is 3.07. The van der Waals surface area contributed by atoms with Crippen molar-refractivity contribution in [1.29, 1.82) is 0 Å². The molecule has 0 atom stereocenters. The average molecular weight is 222 g/mol. The molecule has 0 heterocycles. The minimum Gasteiger partial charge on any atom is -0.388 e. The molecule has 3 N–H and O–H groups in total. The summed E-state index contributed by atoms with van der Waals surface area (Å²) in [6.07, 6.45) is 0. The zero-order valence-corrected chi connectivity index (χ0v) is 9.49. The molecule has 4 heteroatoms. The minimum absolute atomic E-state index is 0. The van der Waals surface area contributed by atoms with Gasteiger partial charge in [-0.3, -0.25) is 0 Å². The molecule has 1 aromatic carbocycles. The van der Waals surface area contributed by atoms with Crippen molar-refractivity contribution >= 4 is 11.6 Å². The molecule has 16 heavy (non-hydrogen) atoms. The van der Waals surface area contributed by atoms with Crippen molar-refractivity contribution in [3.8, 4) is 0 Å². The van der Waals surface area contributed by atoms with Gasteiger partial charge in [0.1, 0.15) is 0 Å². The predicted molar refractivity (Wildman–Crippen MR) is 71.7 cm³/mol. The lowest BCUT2D eigenvalue weighted by atomic mass is 10.2. The number of guanidine groups is 1. The van der Waals surface area contributed by atoms with Crippen LogP contribution in [0.2, 0.25) is 0 Å². The molecule has 0 radical (unpaired) electrons. The molecule has 90 valence electrons. The van der Waals surface area contributed by atoms with E-state index < -0.39 is 0 Å². The molecular formula is C12H22N4. The minimum atomic E-state index is 0. The Balaban J connectivity index is 0.00000225. The Kier molecular flexibility index (Phi) is 6.00. The Labute approximate surface area is 98.2 Å². The number of hydrogen-bond donors (Lipinski definition) is 2. The van der Waals surface area contributed by atoms with Gasteiger partial charge in [0.2, 0.25) is 0 Å². The molecule has 4 nitrogen and oxygen atoms in total. The summed E-state index contributed by atoms with van der Waals surface area (Å²) in [6.45, 7) is 0.619. The highest BCUT2D eigenvalue weighted by molar-refractivity contribution is 5.77. The molecule has 0 fully saturated rings. The van der Waals surface area contributed by atoms with Crippen LogP contribution in [-0.4, -0.2) is 32.0 Å². The molecule has 0 spiro atoms. The van der Waals surface area contributed by atoms with Crippen LogP contribution in [0.15, 0.2) is 29.3 Å². The van der Waals surface area contributed by atoms with Gasteiger partial charge in [0.05, 0.1) is 6.54 Å². The van der Waals surface area contributed by atoms with E-state index in [2.05, 4.69) is 10.3 Å². The Morgan fingerprint density at radius 1 is 1.31 bits per heavy atom. The first-order valence-electron chi connectivity index (χ1n) is 4.87. The summed E-state index contributed by atoms with van der Waals surface area (Å²) in [7, 11) is 5.66. The Hall–Kier alpha value is -1.71. The fourth-order valence-corrected chi connectivity index (χ4v) is 1.09. The highest BCUT2D eigenvalue weighted by atomic mass is 15.2. The van der Waals surface area contributed by atoms with Crippen LogP contribution in [0.3, 0.4) is 0 Å². The number of nitrogens with one attached hydrogen (secondary N) is 1. The average Bonchev–Trinajstić information content (AvgIpc) is 2.26. The monoisotopic (exact) mass is 222 g/mol. The molecule has 0 bridgehead atoms. The van der Waals surface area contributed by atoms with Crippen molar-refractivity contribution in [2.45, 2.75) is 14.0 Å². The van der Waals surface area contributed by atoms with Crippen LogP contribution in [0.5, 0.6) is 0 Å². The fraction of sp³-hybridized carbons (Fsp3) is 0.417. The van der Waals surface area contributed by atoms with E-state index >= 15 is 0 Å². The normalized spacial score (nSPS) is 10.6.